The zero-order valence-electron chi connectivity index (χ0n) is 19.9. The standard InChI is InChI=1S/C27H38N2O2/c1-7-21(5)28-27(31)22(6)29(18-24-10-8-9-20(4)17-24)26(30)16-13-23-11-14-25(15-12-23)19(2)3/h8-12,14-15,17,19,21-22H,7,13,16,18H2,1-6H3,(H,28,31)/t21-,22-/m1/s1. The molecular weight excluding hydrogens is 384 g/mol. The minimum absolute atomic E-state index is 0.00115. The summed E-state index contributed by atoms with van der Waals surface area (Å²) < 4.78 is 0. The van der Waals surface area contributed by atoms with E-state index in [0.717, 1.165) is 23.1 Å². The summed E-state index contributed by atoms with van der Waals surface area (Å²) in [5.41, 5.74) is 4.63. The normalized spacial score (nSPS) is 13.0. The summed E-state index contributed by atoms with van der Waals surface area (Å²) in [6, 6.07) is 16.2. The van der Waals surface area contributed by atoms with E-state index in [2.05, 4.69) is 49.5 Å². The van der Waals surface area contributed by atoms with Gasteiger partial charge in [0, 0.05) is 19.0 Å². The number of nitrogens with one attached hydrogen (secondary N) is 1. The number of carbonyl (C=O) groups excluding carboxylic acids is 2. The molecule has 168 valence electrons. The van der Waals surface area contributed by atoms with E-state index in [4.69, 9.17) is 0 Å². The van der Waals surface area contributed by atoms with Crippen LogP contribution in [0, 0.1) is 6.92 Å². The largest absolute Gasteiger partial charge is 0.352 e. The zero-order valence-corrected chi connectivity index (χ0v) is 19.9. The van der Waals surface area contributed by atoms with Crippen LogP contribution >= 0.6 is 0 Å². The molecule has 0 unspecified atom stereocenters. The van der Waals surface area contributed by atoms with Crippen molar-refractivity contribution in [3.8, 4) is 0 Å². The highest BCUT2D eigenvalue weighted by Gasteiger charge is 2.26. The molecule has 0 bridgehead atoms. The molecule has 0 saturated carbocycles. The topological polar surface area (TPSA) is 49.4 Å². The Morgan fingerprint density at radius 3 is 2.23 bits per heavy atom. The maximum Gasteiger partial charge on any atom is 0.242 e. The van der Waals surface area contributed by atoms with Crippen LogP contribution in [0.3, 0.4) is 0 Å². The molecule has 31 heavy (non-hydrogen) atoms. The minimum atomic E-state index is -0.523. The van der Waals surface area contributed by atoms with Crippen molar-refractivity contribution in [3.05, 3.63) is 70.8 Å². The van der Waals surface area contributed by atoms with Crippen molar-refractivity contribution in [2.75, 3.05) is 0 Å². The molecule has 0 aliphatic rings. The van der Waals surface area contributed by atoms with Gasteiger partial charge in [0.15, 0.2) is 0 Å². The first-order valence-corrected chi connectivity index (χ1v) is 11.5. The van der Waals surface area contributed by atoms with Gasteiger partial charge in [-0.1, -0.05) is 74.9 Å². The van der Waals surface area contributed by atoms with E-state index in [-0.39, 0.29) is 17.9 Å². The Balaban J connectivity index is 2.13. The van der Waals surface area contributed by atoms with Crippen LogP contribution in [-0.4, -0.2) is 28.8 Å². The van der Waals surface area contributed by atoms with Crippen LogP contribution in [0.1, 0.15) is 75.6 Å². The van der Waals surface area contributed by atoms with Gasteiger partial charge in [0.25, 0.3) is 0 Å². The second-order valence-electron chi connectivity index (χ2n) is 8.90. The van der Waals surface area contributed by atoms with Gasteiger partial charge in [0.2, 0.25) is 11.8 Å². The predicted octanol–water partition coefficient (Wildman–Crippen LogP) is 5.38. The van der Waals surface area contributed by atoms with E-state index in [9.17, 15) is 9.59 Å². The van der Waals surface area contributed by atoms with Crippen molar-refractivity contribution in [1.82, 2.24) is 10.2 Å². The lowest BCUT2D eigenvalue weighted by atomic mass is 10.00. The average molecular weight is 423 g/mol. The summed E-state index contributed by atoms with van der Waals surface area (Å²) in [4.78, 5) is 27.7. The van der Waals surface area contributed by atoms with Crippen molar-refractivity contribution in [2.24, 2.45) is 0 Å². The summed E-state index contributed by atoms with van der Waals surface area (Å²) in [5, 5.41) is 3.02. The van der Waals surface area contributed by atoms with Crippen LogP contribution < -0.4 is 5.32 Å². The second kappa shape index (κ2) is 11.7. The molecule has 0 heterocycles. The molecule has 1 N–H and O–H groups in total. The first-order chi connectivity index (χ1) is 14.7. The molecule has 0 spiro atoms. The number of nitrogens with zero attached hydrogens (tertiary/aromatic N) is 1. The Kier molecular flexibility index (Phi) is 9.29. The van der Waals surface area contributed by atoms with Gasteiger partial charge < -0.3 is 10.2 Å². The summed E-state index contributed by atoms with van der Waals surface area (Å²) in [6.07, 6.45) is 1.91. The summed E-state index contributed by atoms with van der Waals surface area (Å²) in [7, 11) is 0. The van der Waals surface area contributed by atoms with Crippen molar-refractivity contribution >= 4 is 11.8 Å². The molecule has 4 nitrogen and oxygen atoms in total. The molecule has 2 atom stereocenters. The number of carbonyl (C=O) groups is 2. The van der Waals surface area contributed by atoms with E-state index >= 15 is 0 Å². The number of hydrogen-bond acceptors (Lipinski definition) is 2. The second-order valence-corrected chi connectivity index (χ2v) is 8.90. The Labute approximate surface area is 188 Å². The van der Waals surface area contributed by atoms with Gasteiger partial charge in [-0.15, -0.1) is 0 Å². The fourth-order valence-corrected chi connectivity index (χ4v) is 3.52. The predicted molar refractivity (Wildman–Crippen MR) is 128 cm³/mol. The van der Waals surface area contributed by atoms with Gasteiger partial charge in [-0.25, -0.2) is 0 Å². The van der Waals surface area contributed by atoms with Gasteiger partial charge in [-0.05, 0) is 56.2 Å². The molecule has 0 aromatic heterocycles. The highest BCUT2D eigenvalue weighted by molar-refractivity contribution is 5.87. The first kappa shape index (κ1) is 24.6. The molecule has 0 fully saturated rings. The Hall–Kier alpha value is -2.62. The monoisotopic (exact) mass is 422 g/mol. The lowest BCUT2D eigenvalue weighted by Gasteiger charge is -2.30. The third-order valence-corrected chi connectivity index (χ3v) is 5.88. The quantitative estimate of drug-likeness (QED) is 0.559. The van der Waals surface area contributed by atoms with Crippen molar-refractivity contribution in [3.63, 3.8) is 0 Å². The number of amides is 2. The van der Waals surface area contributed by atoms with E-state index in [1.54, 1.807) is 4.90 Å². The highest BCUT2D eigenvalue weighted by Crippen LogP contribution is 2.17. The Morgan fingerprint density at radius 2 is 1.65 bits per heavy atom. The highest BCUT2D eigenvalue weighted by atomic mass is 16.2. The molecule has 2 aromatic rings. The maximum absolute atomic E-state index is 13.2. The fourth-order valence-electron chi connectivity index (χ4n) is 3.52. The lowest BCUT2D eigenvalue weighted by molar-refractivity contribution is -0.140. The van der Waals surface area contributed by atoms with Crippen LogP contribution in [0.15, 0.2) is 48.5 Å². The van der Waals surface area contributed by atoms with Crippen molar-refractivity contribution < 1.29 is 9.59 Å². The molecule has 0 saturated heterocycles. The van der Waals surface area contributed by atoms with Gasteiger partial charge in [0.1, 0.15) is 6.04 Å². The van der Waals surface area contributed by atoms with Crippen LogP contribution in [0.2, 0.25) is 0 Å². The van der Waals surface area contributed by atoms with Gasteiger partial charge >= 0.3 is 0 Å². The van der Waals surface area contributed by atoms with Crippen LogP contribution in [0.5, 0.6) is 0 Å². The van der Waals surface area contributed by atoms with E-state index in [0.29, 0.717) is 25.3 Å². The van der Waals surface area contributed by atoms with E-state index in [1.165, 1.54) is 5.56 Å². The van der Waals surface area contributed by atoms with E-state index in [1.807, 2.05) is 45.9 Å². The van der Waals surface area contributed by atoms with Crippen LogP contribution in [0.25, 0.3) is 0 Å². The summed E-state index contributed by atoms with van der Waals surface area (Å²) in [6.45, 7) is 12.7. The van der Waals surface area contributed by atoms with Gasteiger partial charge in [0.05, 0.1) is 0 Å². The van der Waals surface area contributed by atoms with E-state index < -0.39 is 6.04 Å². The zero-order chi connectivity index (χ0) is 23.0. The molecule has 4 heteroatoms. The molecule has 2 rings (SSSR count). The lowest BCUT2D eigenvalue weighted by Crippen LogP contribution is -2.49. The average Bonchev–Trinajstić information content (AvgIpc) is 2.75. The van der Waals surface area contributed by atoms with Gasteiger partial charge in [-0.3, -0.25) is 9.59 Å². The molecule has 0 radical (unpaired) electrons. The minimum Gasteiger partial charge on any atom is -0.352 e. The molecule has 0 aliphatic carbocycles. The number of rotatable bonds is 10. The van der Waals surface area contributed by atoms with Crippen LogP contribution in [0.4, 0.5) is 0 Å². The Morgan fingerprint density at radius 1 is 0.968 bits per heavy atom. The SMILES string of the molecule is CC[C@@H](C)NC(=O)[C@@H](C)N(Cc1cccc(C)c1)C(=O)CCc1ccc(C(C)C)cc1. The summed E-state index contributed by atoms with van der Waals surface area (Å²) in [5.74, 6) is 0.392. The third kappa shape index (κ3) is 7.54. The van der Waals surface area contributed by atoms with Gasteiger partial charge in [-0.2, -0.15) is 0 Å². The first-order valence-electron chi connectivity index (χ1n) is 11.5. The number of benzene rings is 2. The molecular formula is C27H38N2O2. The van der Waals surface area contributed by atoms with Crippen LogP contribution in [-0.2, 0) is 22.6 Å². The molecule has 0 aliphatic heterocycles. The smallest absolute Gasteiger partial charge is 0.242 e. The number of hydrogen-bond donors (Lipinski definition) is 1. The number of aryl methyl sites for hydroxylation is 2. The maximum atomic E-state index is 13.2. The van der Waals surface area contributed by atoms with Crippen molar-refractivity contribution in [1.29, 1.82) is 0 Å². The Bertz CT molecular complexity index is 858. The fraction of sp³-hybridized carbons (Fsp3) is 0.481. The molecule has 2 aromatic carbocycles. The summed E-state index contributed by atoms with van der Waals surface area (Å²) >= 11 is 0. The third-order valence-electron chi connectivity index (χ3n) is 5.88. The van der Waals surface area contributed by atoms with Crippen molar-refractivity contribution in [2.45, 2.75) is 85.4 Å². The molecule has 2 amide bonds.